The fraction of sp³-hybridized carbons (Fsp3) is 0.333. The lowest BCUT2D eigenvalue weighted by Gasteiger charge is -2.11. The highest BCUT2D eigenvalue weighted by molar-refractivity contribution is 9.10. The monoisotopic (exact) mass is 279 g/mol. The molecule has 1 unspecified atom stereocenters. The molecule has 15 heavy (non-hydrogen) atoms. The first kappa shape index (κ1) is 12.2. The number of aromatic hydroxyl groups is 1. The number of hydrogen-bond acceptors (Lipinski definition) is 4. The lowest BCUT2D eigenvalue weighted by atomic mass is 10.2. The maximum absolute atomic E-state index is 13.2. The van der Waals surface area contributed by atoms with Crippen molar-refractivity contribution in [2.75, 3.05) is 18.5 Å². The number of phenolic OH excluding ortho intramolecular Hbond substituents is 1. The van der Waals surface area contributed by atoms with Crippen LogP contribution in [-0.2, 0) is 0 Å². The molecule has 0 aromatic heterocycles. The summed E-state index contributed by atoms with van der Waals surface area (Å²) < 4.78 is 13.5. The lowest BCUT2D eigenvalue weighted by Crippen LogP contribution is -2.23. The van der Waals surface area contributed by atoms with E-state index in [1.807, 2.05) is 0 Å². The number of benzene rings is 1. The van der Waals surface area contributed by atoms with E-state index in [0.717, 1.165) is 6.07 Å². The summed E-state index contributed by atoms with van der Waals surface area (Å²) in [6.45, 7) is -0.397. The van der Waals surface area contributed by atoms with E-state index in [-0.39, 0.29) is 22.5 Å². The van der Waals surface area contributed by atoms with Gasteiger partial charge in [0.1, 0.15) is 11.6 Å². The maximum atomic E-state index is 13.2. The highest BCUT2D eigenvalue weighted by Crippen LogP contribution is 2.29. The normalized spacial score (nSPS) is 12.5. The van der Waals surface area contributed by atoms with Gasteiger partial charge in [-0.2, -0.15) is 0 Å². The zero-order valence-corrected chi connectivity index (χ0v) is 9.33. The van der Waals surface area contributed by atoms with Crippen molar-refractivity contribution in [2.45, 2.75) is 6.10 Å². The molecule has 1 aromatic carbocycles. The molecule has 0 heterocycles. The first-order valence-corrected chi connectivity index (χ1v) is 5.04. The SMILES string of the molecule is OCC(O)CNc1cc(O)c(Br)cc1F. The average Bonchev–Trinajstić information content (AvgIpc) is 2.21. The standard InChI is InChI=1S/C9H11BrFNO3/c10-6-1-7(11)8(2-9(6)15)12-3-5(14)4-13/h1-2,5,12-15H,3-4H2. The van der Waals surface area contributed by atoms with Gasteiger partial charge in [0.05, 0.1) is 22.9 Å². The van der Waals surface area contributed by atoms with Crippen molar-refractivity contribution in [1.82, 2.24) is 0 Å². The summed E-state index contributed by atoms with van der Waals surface area (Å²) in [5.41, 5.74) is 0.0724. The summed E-state index contributed by atoms with van der Waals surface area (Å²) in [5.74, 6) is -0.651. The Balaban J connectivity index is 2.73. The predicted octanol–water partition coefficient (Wildman–Crippen LogP) is 1.06. The summed E-state index contributed by atoms with van der Waals surface area (Å²) in [5, 5.41) is 29.4. The molecule has 0 aliphatic heterocycles. The molecule has 4 N–H and O–H groups in total. The average molecular weight is 280 g/mol. The van der Waals surface area contributed by atoms with Crippen LogP contribution in [-0.4, -0.2) is 34.6 Å². The van der Waals surface area contributed by atoms with E-state index < -0.39 is 18.5 Å². The first-order valence-electron chi connectivity index (χ1n) is 4.25. The molecule has 0 fully saturated rings. The third-order valence-electron chi connectivity index (χ3n) is 1.78. The third-order valence-corrected chi connectivity index (χ3v) is 2.41. The number of rotatable bonds is 4. The Kier molecular flexibility index (Phi) is 4.31. The van der Waals surface area contributed by atoms with Crippen LogP contribution in [0, 0.1) is 5.82 Å². The predicted molar refractivity (Wildman–Crippen MR) is 57.3 cm³/mol. The molecule has 84 valence electrons. The highest BCUT2D eigenvalue weighted by Gasteiger charge is 2.08. The number of hydrogen-bond donors (Lipinski definition) is 4. The Morgan fingerprint density at radius 3 is 2.73 bits per heavy atom. The molecule has 0 radical (unpaired) electrons. The molecule has 0 saturated carbocycles. The van der Waals surface area contributed by atoms with Gasteiger partial charge >= 0.3 is 0 Å². The Morgan fingerprint density at radius 2 is 2.13 bits per heavy atom. The van der Waals surface area contributed by atoms with Crippen molar-refractivity contribution >= 4 is 21.6 Å². The third kappa shape index (κ3) is 3.33. The summed E-state index contributed by atoms with van der Waals surface area (Å²) in [6.07, 6.45) is -0.963. The van der Waals surface area contributed by atoms with Gasteiger partial charge in [-0.25, -0.2) is 4.39 Å². The fourth-order valence-electron chi connectivity index (χ4n) is 0.965. The molecule has 0 aliphatic rings. The van der Waals surface area contributed by atoms with Crippen molar-refractivity contribution in [3.63, 3.8) is 0 Å². The van der Waals surface area contributed by atoms with Crippen molar-refractivity contribution in [3.8, 4) is 5.75 Å². The van der Waals surface area contributed by atoms with E-state index in [1.165, 1.54) is 6.07 Å². The van der Waals surface area contributed by atoms with Crippen molar-refractivity contribution < 1.29 is 19.7 Å². The van der Waals surface area contributed by atoms with Crippen LogP contribution >= 0.6 is 15.9 Å². The van der Waals surface area contributed by atoms with Crippen molar-refractivity contribution in [2.24, 2.45) is 0 Å². The Labute approximate surface area is 94.5 Å². The van der Waals surface area contributed by atoms with E-state index >= 15 is 0 Å². The van der Waals surface area contributed by atoms with Crippen molar-refractivity contribution in [3.05, 3.63) is 22.4 Å². The molecule has 1 aromatic rings. The minimum Gasteiger partial charge on any atom is -0.507 e. The second-order valence-electron chi connectivity index (χ2n) is 3.00. The topological polar surface area (TPSA) is 72.7 Å². The summed E-state index contributed by atoms with van der Waals surface area (Å²) in [7, 11) is 0. The number of halogens is 2. The first-order chi connectivity index (χ1) is 7.04. The van der Waals surface area contributed by atoms with Gasteiger partial charge in [-0.15, -0.1) is 0 Å². The molecule has 1 atom stereocenters. The van der Waals surface area contributed by atoms with Crippen LogP contribution < -0.4 is 5.32 Å². The van der Waals surface area contributed by atoms with Gasteiger partial charge in [-0.1, -0.05) is 0 Å². The van der Waals surface area contributed by atoms with Gasteiger partial charge in [-0.3, -0.25) is 0 Å². The van der Waals surface area contributed by atoms with Gasteiger partial charge < -0.3 is 20.6 Å². The minimum absolute atomic E-state index is 0.00842. The van der Waals surface area contributed by atoms with Gasteiger partial charge in [-0.05, 0) is 22.0 Å². The number of anilines is 1. The molecule has 1 rings (SSSR count). The molecule has 6 heteroatoms. The molecule has 0 saturated heterocycles. The molecule has 0 aliphatic carbocycles. The molecule has 0 spiro atoms. The number of aliphatic hydroxyl groups is 2. The van der Waals surface area contributed by atoms with E-state index in [9.17, 15) is 9.50 Å². The van der Waals surface area contributed by atoms with E-state index in [1.54, 1.807) is 0 Å². The Hall–Kier alpha value is -0.850. The summed E-state index contributed by atoms with van der Waals surface area (Å²) >= 11 is 2.97. The van der Waals surface area contributed by atoms with Gasteiger partial charge in [0.15, 0.2) is 0 Å². The second kappa shape index (κ2) is 5.29. The van der Waals surface area contributed by atoms with Gasteiger partial charge in [0, 0.05) is 12.6 Å². The minimum atomic E-state index is -0.963. The van der Waals surface area contributed by atoms with Crippen LogP contribution in [0.5, 0.6) is 5.75 Å². The van der Waals surface area contributed by atoms with Gasteiger partial charge in [0.2, 0.25) is 0 Å². The van der Waals surface area contributed by atoms with Crippen LogP contribution in [0.2, 0.25) is 0 Å². The van der Waals surface area contributed by atoms with Crippen LogP contribution in [0.15, 0.2) is 16.6 Å². The molecule has 0 bridgehead atoms. The Bertz CT molecular complexity index is 348. The molecule has 4 nitrogen and oxygen atoms in total. The number of aliphatic hydroxyl groups excluding tert-OH is 2. The fourth-order valence-corrected chi connectivity index (χ4v) is 1.28. The smallest absolute Gasteiger partial charge is 0.147 e. The molecular formula is C9H11BrFNO3. The largest absolute Gasteiger partial charge is 0.507 e. The summed E-state index contributed by atoms with van der Waals surface area (Å²) in [6, 6.07) is 2.31. The van der Waals surface area contributed by atoms with Crippen LogP contribution in [0.3, 0.4) is 0 Å². The zero-order valence-electron chi connectivity index (χ0n) is 7.74. The summed E-state index contributed by atoms with van der Waals surface area (Å²) in [4.78, 5) is 0. The highest BCUT2D eigenvalue weighted by atomic mass is 79.9. The van der Waals surface area contributed by atoms with Crippen LogP contribution in [0.4, 0.5) is 10.1 Å². The van der Waals surface area contributed by atoms with E-state index in [4.69, 9.17) is 10.2 Å². The quantitative estimate of drug-likeness (QED) is 0.665. The second-order valence-corrected chi connectivity index (χ2v) is 3.86. The molecule has 0 amide bonds. The Morgan fingerprint density at radius 1 is 1.47 bits per heavy atom. The number of nitrogens with one attached hydrogen (secondary N) is 1. The lowest BCUT2D eigenvalue weighted by molar-refractivity contribution is 0.105. The molecular weight excluding hydrogens is 269 g/mol. The number of phenols is 1. The maximum Gasteiger partial charge on any atom is 0.147 e. The van der Waals surface area contributed by atoms with Crippen LogP contribution in [0.1, 0.15) is 0 Å². The van der Waals surface area contributed by atoms with Gasteiger partial charge in [0.25, 0.3) is 0 Å². The van der Waals surface area contributed by atoms with E-state index in [0.29, 0.717) is 0 Å². The zero-order chi connectivity index (χ0) is 11.4. The van der Waals surface area contributed by atoms with Crippen molar-refractivity contribution in [1.29, 1.82) is 0 Å². The van der Waals surface area contributed by atoms with E-state index in [2.05, 4.69) is 21.2 Å². The van der Waals surface area contributed by atoms with Crippen LogP contribution in [0.25, 0.3) is 0 Å².